The number of amides is 2. The Hall–Kier alpha value is -1.95. The zero-order valence-electron chi connectivity index (χ0n) is 15.3. The number of hydrogen-bond acceptors (Lipinski definition) is 3. The van der Waals surface area contributed by atoms with Gasteiger partial charge in [-0.1, -0.05) is 12.1 Å². The van der Waals surface area contributed by atoms with Gasteiger partial charge in [0.2, 0.25) is 5.91 Å². The second-order valence-corrected chi connectivity index (χ2v) is 7.86. The molecule has 138 valence electrons. The number of halogens is 1. The van der Waals surface area contributed by atoms with E-state index < -0.39 is 11.7 Å². The van der Waals surface area contributed by atoms with Crippen molar-refractivity contribution in [2.45, 2.75) is 45.6 Å². The van der Waals surface area contributed by atoms with Crippen molar-refractivity contribution in [1.29, 1.82) is 0 Å². The highest BCUT2D eigenvalue weighted by Crippen LogP contribution is 2.24. The zero-order chi connectivity index (χ0) is 18.6. The minimum Gasteiger partial charge on any atom is -0.366 e. The van der Waals surface area contributed by atoms with Crippen LogP contribution in [0.2, 0.25) is 0 Å². The number of nitrogens with two attached hydrogens (primary N) is 1. The Morgan fingerprint density at radius 2 is 1.92 bits per heavy atom. The summed E-state index contributed by atoms with van der Waals surface area (Å²) in [5.41, 5.74) is 5.47. The lowest BCUT2D eigenvalue weighted by Gasteiger charge is -2.32. The van der Waals surface area contributed by atoms with Gasteiger partial charge in [0.05, 0.1) is 12.1 Å². The molecule has 1 aromatic carbocycles. The average molecular weight is 349 g/mol. The van der Waals surface area contributed by atoms with Crippen molar-refractivity contribution < 1.29 is 14.0 Å². The lowest BCUT2D eigenvalue weighted by atomic mass is 9.89. The smallest absolute Gasteiger partial charge is 0.251 e. The van der Waals surface area contributed by atoms with Crippen LogP contribution < -0.4 is 11.1 Å². The van der Waals surface area contributed by atoms with Gasteiger partial charge in [0.1, 0.15) is 5.82 Å². The van der Waals surface area contributed by atoms with Gasteiger partial charge in [-0.25, -0.2) is 4.39 Å². The molecule has 1 aliphatic rings. The summed E-state index contributed by atoms with van der Waals surface area (Å²) >= 11 is 0. The fourth-order valence-electron chi connectivity index (χ4n) is 3.25. The molecule has 0 unspecified atom stereocenters. The van der Waals surface area contributed by atoms with Gasteiger partial charge in [-0.3, -0.25) is 14.5 Å². The summed E-state index contributed by atoms with van der Waals surface area (Å²) in [6.45, 7) is 7.93. The number of nitrogens with zero attached hydrogens (tertiary/aromatic N) is 1. The van der Waals surface area contributed by atoms with Crippen LogP contribution in [0.5, 0.6) is 0 Å². The maximum Gasteiger partial charge on any atom is 0.251 e. The van der Waals surface area contributed by atoms with Crippen molar-refractivity contribution in [1.82, 2.24) is 10.2 Å². The first-order valence-corrected chi connectivity index (χ1v) is 8.76. The van der Waals surface area contributed by atoms with Crippen LogP contribution >= 0.6 is 0 Å². The van der Waals surface area contributed by atoms with Crippen LogP contribution in [0.4, 0.5) is 4.39 Å². The van der Waals surface area contributed by atoms with E-state index >= 15 is 0 Å². The van der Waals surface area contributed by atoms with Crippen LogP contribution in [-0.2, 0) is 11.2 Å². The number of primary amides is 1. The molecule has 0 radical (unpaired) electrons. The molecule has 0 spiro atoms. The molecule has 1 saturated heterocycles. The maximum atomic E-state index is 14.3. The van der Waals surface area contributed by atoms with E-state index in [0.29, 0.717) is 24.4 Å². The molecular formula is C19H28FN3O2. The highest BCUT2D eigenvalue weighted by Gasteiger charge is 2.24. The first-order chi connectivity index (χ1) is 11.7. The van der Waals surface area contributed by atoms with E-state index in [-0.39, 0.29) is 17.0 Å². The number of likely N-dealkylation sites (tertiary alicyclic amines) is 1. The third kappa shape index (κ3) is 5.81. The van der Waals surface area contributed by atoms with E-state index in [9.17, 15) is 14.0 Å². The number of carbonyl (C=O) groups excluding carboxylic acids is 2. The van der Waals surface area contributed by atoms with Gasteiger partial charge in [0.25, 0.3) is 5.91 Å². The van der Waals surface area contributed by atoms with Gasteiger partial charge in [0.15, 0.2) is 0 Å². The fraction of sp³-hybridized carbons (Fsp3) is 0.579. The van der Waals surface area contributed by atoms with Crippen molar-refractivity contribution in [3.63, 3.8) is 0 Å². The van der Waals surface area contributed by atoms with Gasteiger partial charge in [-0.15, -0.1) is 0 Å². The van der Waals surface area contributed by atoms with Gasteiger partial charge in [-0.2, -0.15) is 0 Å². The Bertz CT molecular complexity index is 632. The molecule has 1 heterocycles. The summed E-state index contributed by atoms with van der Waals surface area (Å²) in [6, 6.07) is 4.80. The van der Waals surface area contributed by atoms with Crippen LogP contribution in [-0.4, -0.2) is 41.9 Å². The lowest BCUT2D eigenvalue weighted by molar-refractivity contribution is -0.124. The van der Waals surface area contributed by atoms with Crippen molar-refractivity contribution >= 4 is 11.8 Å². The predicted octanol–water partition coefficient (Wildman–Crippen LogP) is 2.09. The fourth-order valence-corrected chi connectivity index (χ4v) is 3.25. The normalized spacial score (nSPS) is 16.6. The first-order valence-electron chi connectivity index (χ1n) is 8.76. The minimum absolute atomic E-state index is 0.0335. The third-order valence-corrected chi connectivity index (χ3v) is 4.44. The van der Waals surface area contributed by atoms with E-state index in [2.05, 4.69) is 10.2 Å². The summed E-state index contributed by atoms with van der Waals surface area (Å²) in [5, 5.41) is 2.97. The van der Waals surface area contributed by atoms with Gasteiger partial charge >= 0.3 is 0 Å². The van der Waals surface area contributed by atoms with Gasteiger partial charge < -0.3 is 11.1 Å². The van der Waals surface area contributed by atoms with Crippen molar-refractivity contribution in [2.24, 2.45) is 11.7 Å². The zero-order valence-corrected chi connectivity index (χ0v) is 15.3. The standard InChI is InChI=1S/C19H28FN3O2/c1-19(2,3)22-16(24)12-23-9-7-13(8-10-23)11-14-5-4-6-15(17(14)20)18(21)25/h4-6,13H,7-12H2,1-3H3,(H2,21,25)(H,22,24). The molecule has 1 fully saturated rings. The molecular weight excluding hydrogens is 321 g/mol. The second-order valence-electron chi connectivity index (χ2n) is 7.86. The molecule has 6 heteroatoms. The Labute approximate surface area is 148 Å². The summed E-state index contributed by atoms with van der Waals surface area (Å²) in [7, 11) is 0. The molecule has 1 aliphatic heterocycles. The quantitative estimate of drug-likeness (QED) is 0.855. The molecule has 25 heavy (non-hydrogen) atoms. The summed E-state index contributed by atoms with van der Waals surface area (Å²) in [4.78, 5) is 25.4. The molecule has 0 aliphatic carbocycles. The first kappa shape index (κ1) is 19.4. The third-order valence-electron chi connectivity index (χ3n) is 4.44. The molecule has 0 atom stereocenters. The lowest BCUT2D eigenvalue weighted by Crippen LogP contribution is -2.47. The maximum absolute atomic E-state index is 14.3. The SMILES string of the molecule is CC(C)(C)NC(=O)CN1CCC(Cc2cccc(C(N)=O)c2F)CC1. The van der Waals surface area contributed by atoms with Gasteiger partial charge in [-0.05, 0) is 70.7 Å². The summed E-state index contributed by atoms with van der Waals surface area (Å²) in [6.07, 6.45) is 2.40. The predicted molar refractivity (Wildman–Crippen MR) is 95.7 cm³/mol. The average Bonchev–Trinajstić information content (AvgIpc) is 2.49. The second kappa shape index (κ2) is 7.95. The Morgan fingerprint density at radius 1 is 1.28 bits per heavy atom. The number of carbonyl (C=O) groups is 2. The molecule has 0 bridgehead atoms. The molecule has 3 N–H and O–H groups in total. The van der Waals surface area contributed by atoms with Crippen molar-refractivity contribution in [2.75, 3.05) is 19.6 Å². The van der Waals surface area contributed by atoms with Crippen molar-refractivity contribution in [3.05, 3.63) is 35.1 Å². The molecule has 5 nitrogen and oxygen atoms in total. The van der Waals surface area contributed by atoms with Crippen LogP contribution in [0.1, 0.15) is 49.5 Å². The van der Waals surface area contributed by atoms with E-state index in [0.717, 1.165) is 25.9 Å². The Kier molecular flexibility index (Phi) is 6.16. The largest absolute Gasteiger partial charge is 0.366 e. The minimum atomic E-state index is -0.737. The number of nitrogens with one attached hydrogen (secondary N) is 1. The van der Waals surface area contributed by atoms with E-state index in [1.54, 1.807) is 12.1 Å². The highest BCUT2D eigenvalue weighted by molar-refractivity contribution is 5.93. The molecule has 0 aromatic heterocycles. The number of rotatable bonds is 5. The van der Waals surface area contributed by atoms with Crippen LogP contribution in [0.25, 0.3) is 0 Å². The van der Waals surface area contributed by atoms with Crippen LogP contribution in [0, 0.1) is 11.7 Å². The van der Waals surface area contributed by atoms with E-state index in [1.165, 1.54) is 6.07 Å². The molecule has 0 saturated carbocycles. The van der Waals surface area contributed by atoms with E-state index in [4.69, 9.17) is 5.73 Å². The van der Waals surface area contributed by atoms with Gasteiger partial charge in [0, 0.05) is 5.54 Å². The Balaban J connectivity index is 1.86. The number of benzene rings is 1. The van der Waals surface area contributed by atoms with Crippen molar-refractivity contribution in [3.8, 4) is 0 Å². The van der Waals surface area contributed by atoms with E-state index in [1.807, 2.05) is 20.8 Å². The molecule has 2 amide bonds. The summed E-state index contributed by atoms with van der Waals surface area (Å²) < 4.78 is 14.3. The molecule has 1 aromatic rings. The number of hydrogen-bond donors (Lipinski definition) is 2. The molecule has 2 rings (SSSR count). The monoisotopic (exact) mass is 349 g/mol. The topological polar surface area (TPSA) is 75.4 Å². The van der Waals surface area contributed by atoms with Crippen LogP contribution in [0.15, 0.2) is 18.2 Å². The van der Waals surface area contributed by atoms with Crippen LogP contribution in [0.3, 0.4) is 0 Å². The summed E-state index contributed by atoms with van der Waals surface area (Å²) in [5.74, 6) is -0.855. The number of piperidine rings is 1. The Morgan fingerprint density at radius 3 is 2.48 bits per heavy atom. The highest BCUT2D eigenvalue weighted by atomic mass is 19.1.